The first kappa shape index (κ1) is 42.7. The number of carboxylic acids is 3. The van der Waals surface area contributed by atoms with Crippen LogP contribution in [0.3, 0.4) is 0 Å². The fraction of sp³-hybridized carbons (Fsp3) is 0.500. The van der Waals surface area contributed by atoms with Gasteiger partial charge in [-0.3, -0.25) is 9.59 Å². The van der Waals surface area contributed by atoms with Gasteiger partial charge in [0.1, 0.15) is 0 Å². The third-order valence-corrected chi connectivity index (χ3v) is 1.29. The maximum atomic E-state index is 10.3. The molecule has 0 unspecified atom stereocenters. The molecule has 0 aromatic heterocycles. The molecule has 0 spiro atoms. The number of aliphatic carboxylic acids is 3. The Bertz CT molecular complexity index is 255. The summed E-state index contributed by atoms with van der Waals surface area (Å²) in [6.07, 6.45) is -2.29. The molecule has 15 N–H and O–H groups in total. The molecule has 21 heavy (non-hydrogen) atoms. The van der Waals surface area contributed by atoms with Crippen molar-refractivity contribution in [3.8, 4) is 0 Å². The van der Waals surface area contributed by atoms with Gasteiger partial charge in [-0.25, -0.2) is 10.1 Å². The van der Waals surface area contributed by atoms with Crippen molar-refractivity contribution in [2.24, 2.45) is 5.90 Å². The van der Waals surface area contributed by atoms with Gasteiger partial charge in [-0.05, 0) is 0 Å². The van der Waals surface area contributed by atoms with E-state index in [9.17, 15) is 14.4 Å². The number of nitrogens with two attached hydrogens (primary N) is 1. The monoisotopic (exact) mass is 361 g/mol. The minimum atomic E-state index is -2.74. The van der Waals surface area contributed by atoms with E-state index in [0.717, 1.165) is 0 Å². The number of rotatable bonds is 5. The standard InChI is InChI=1S/C6H8O7.H3NO2.4H2O.Ti/c7-3(8)1-6(13,5(11)12)2-4(9)10;1-3-2;;;;;/h13H,1-2H2,(H,7,8)(H,9,10)(H,11,12);2H,1H2;4*1H2;. The molecule has 0 aliphatic heterocycles. The molecule has 0 aliphatic rings. The molecular weight excluding hydrogens is 342 g/mol. The number of hydrogen-bond acceptors (Lipinski definition) is 7. The predicted molar refractivity (Wildman–Crippen MR) is 59.4 cm³/mol. The number of carboxylic acid groups (broad SMARTS) is 3. The minimum absolute atomic E-state index is 0. The summed E-state index contributed by atoms with van der Waals surface area (Å²) < 4.78 is 0. The first-order chi connectivity index (χ1) is 7.19. The molecular formula is C6H19NO13Ti. The summed E-state index contributed by atoms with van der Waals surface area (Å²) in [5, 5.41) is 40.7. The molecule has 0 radical (unpaired) electrons. The second-order valence-electron chi connectivity index (χ2n) is 2.58. The zero-order valence-corrected chi connectivity index (χ0v) is 11.9. The van der Waals surface area contributed by atoms with E-state index in [4.69, 9.17) is 25.7 Å². The molecule has 0 atom stereocenters. The van der Waals surface area contributed by atoms with Gasteiger partial charge in [-0.1, -0.05) is 0 Å². The predicted octanol–water partition coefficient (Wildman–Crippen LogP) is -5.20. The van der Waals surface area contributed by atoms with Crippen molar-refractivity contribution in [3.05, 3.63) is 0 Å². The zero-order chi connectivity index (χ0) is 13.4. The van der Waals surface area contributed by atoms with Crippen LogP contribution in [-0.2, 0) is 41.1 Å². The van der Waals surface area contributed by atoms with Gasteiger partial charge >= 0.3 is 17.9 Å². The Kier molecular flexibility index (Phi) is 42.9. The van der Waals surface area contributed by atoms with Crippen molar-refractivity contribution in [2.45, 2.75) is 18.4 Å². The Balaban J connectivity index is -0.0000000451. The van der Waals surface area contributed by atoms with Gasteiger partial charge in [0.05, 0.1) is 12.8 Å². The van der Waals surface area contributed by atoms with Crippen LogP contribution in [0.2, 0.25) is 0 Å². The van der Waals surface area contributed by atoms with Crippen LogP contribution in [0.15, 0.2) is 0 Å². The van der Waals surface area contributed by atoms with Crippen molar-refractivity contribution in [3.63, 3.8) is 0 Å². The molecule has 0 saturated carbocycles. The van der Waals surface area contributed by atoms with E-state index in [0.29, 0.717) is 0 Å². The quantitative estimate of drug-likeness (QED) is 0.153. The summed E-state index contributed by atoms with van der Waals surface area (Å²) in [4.78, 5) is 33.2. The largest absolute Gasteiger partial charge is 0.481 e. The molecule has 0 heterocycles. The molecule has 0 aromatic rings. The Morgan fingerprint density at radius 2 is 1.10 bits per heavy atom. The van der Waals surface area contributed by atoms with E-state index < -0.39 is 36.4 Å². The maximum absolute atomic E-state index is 10.3. The normalized spacial score (nSPS) is 7.57. The van der Waals surface area contributed by atoms with Gasteiger partial charge in [0, 0.05) is 21.7 Å². The summed E-state index contributed by atoms with van der Waals surface area (Å²) in [7, 11) is 0. The Hall–Kier alpha value is -1.20. The summed E-state index contributed by atoms with van der Waals surface area (Å²) in [6.45, 7) is 0. The van der Waals surface area contributed by atoms with E-state index in [-0.39, 0.29) is 43.6 Å². The van der Waals surface area contributed by atoms with E-state index in [1.165, 1.54) is 0 Å². The van der Waals surface area contributed by atoms with Gasteiger partial charge in [0.15, 0.2) is 5.60 Å². The Morgan fingerprint density at radius 3 is 1.19 bits per heavy atom. The SMILES string of the molecule is NOO.O.O.O.O.O=C(O)CC(O)(CC(=O)O)C(=O)O.[Ti]. The Labute approximate surface area is 131 Å². The molecule has 0 fully saturated rings. The van der Waals surface area contributed by atoms with E-state index >= 15 is 0 Å². The molecule has 0 aliphatic carbocycles. The molecule has 14 nitrogen and oxygen atoms in total. The van der Waals surface area contributed by atoms with Crippen LogP contribution in [0.1, 0.15) is 12.8 Å². The third-order valence-electron chi connectivity index (χ3n) is 1.29. The summed E-state index contributed by atoms with van der Waals surface area (Å²) in [6, 6.07) is 0. The molecule has 0 amide bonds. The summed E-state index contributed by atoms with van der Waals surface area (Å²) >= 11 is 0. The van der Waals surface area contributed by atoms with Crippen LogP contribution < -0.4 is 5.90 Å². The molecule has 0 rings (SSSR count). The summed E-state index contributed by atoms with van der Waals surface area (Å²) in [5.74, 6) is -1.12. The van der Waals surface area contributed by atoms with E-state index in [1.807, 2.05) is 0 Å². The molecule has 0 aromatic carbocycles. The number of hydrogen-bond donors (Lipinski definition) is 6. The van der Waals surface area contributed by atoms with Crippen LogP contribution >= 0.6 is 0 Å². The Morgan fingerprint density at radius 1 is 0.905 bits per heavy atom. The third kappa shape index (κ3) is 24.2. The first-order valence-corrected chi connectivity index (χ1v) is 3.59. The number of carbonyl (C=O) groups is 3. The molecule has 0 bridgehead atoms. The summed E-state index contributed by atoms with van der Waals surface area (Å²) in [5.41, 5.74) is -2.74. The van der Waals surface area contributed by atoms with Crippen LogP contribution in [0.4, 0.5) is 0 Å². The fourth-order valence-corrected chi connectivity index (χ4v) is 0.714. The van der Waals surface area contributed by atoms with Gasteiger partial charge < -0.3 is 42.3 Å². The van der Waals surface area contributed by atoms with Gasteiger partial charge in [-0.15, -0.1) is 4.99 Å². The van der Waals surface area contributed by atoms with E-state index in [2.05, 4.69) is 10.9 Å². The van der Waals surface area contributed by atoms with Crippen molar-refractivity contribution in [2.75, 3.05) is 0 Å². The smallest absolute Gasteiger partial charge is 0.336 e. The average molecular weight is 361 g/mol. The van der Waals surface area contributed by atoms with Gasteiger partial charge in [0.2, 0.25) is 0 Å². The van der Waals surface area contributed by atoms with Crippen LogP contribution in [-0.4, -0.2) is 71.1 Å². The fourth-order valence-electron chi connectivity index (χ4n) is 0.714. The maximum Gasteiger partial charge on any atom is 0.336 e. The van der Waals surface area contributed by atoms with Crippen molar-refractivity contribution in [1.29, 1.82) is 0 Å². The van der Waals surface area contributed by atoms with Crippen LogP contribution in [0.25, 0.3) is 0 Å². The first-order valence-electron chi connectivity index (χ1n) is 3.59. The van der Waals surface area contributed by atoms with Crippen LogP contribution in [0.5, 0.6) is 0 Å². The molecule has 0 saturated heterocycles. The molecule has 15 heteroatoms. The van der Waals surface area contributed by atoms with Crippen molar-refractivity contribution >= 4 is 17.9 Å². The van der Waals surface area contributed by atoms with Crippen molar-refractivity contribution in [1.82, 2.24) is 0 Å². The zero-order valence-electron chi connectivity index (χ0n) is 10.4. The second kappa shape index (κ2) is 21.1. The minimum Gasteiger partial charge on any atom is -0.481 e. The number of aliphatic hydroxyl groups is 1. The second-order valence-corrected chi connectivity index (χ2v) is 2.58. The van der Waals surface area contributed by atoms with Gasteiger partial charge in [-0.2, -0.15) is 5.90 Å². The van der Waals surface area contributed by atoms with Crippen molar-refractivity contribution < 1.29 is 88.7 Å². The topological polar surface area (TPSA) is 314 Å². The average Bonchev–Trinajstić information content (AvgIpc) is 2.01. The van der Waals surface area contributed by atoms with Gasteiger partial charge in [0.25, 0.3) is 0 Å². The van der Waals surface area contributed by atoms with E-state index in [1.54, 1.807) is 0 Å². The van der Waals surface area contributed by atoms with Crippen LogP contribution in [0, 0.1) is 0 Å². The molecule has 130 valence electrons.